The third-order valence-electron chi connectivity index (χ3n) is 4.40. The molecule has 6 heteroatoms. The topological polar surface area (TPSA) is 35.5 Å². The van der Waals surface area contributed by atoms with Gasteiger partial charge in [0.2, 0.25) is 0 Å². The number of halogens is 3. The number of rotatable bonds is 7. The molecule has 0 aromatic heterocycles. The average Bonchev–Trinajstić information content (AvgIpc) is 2.71. The molecule has 30 heavy (non-hydrogen) atoms. The Labute approximate surface area is 190 Å². The second-order valence-corrected chi connectivity index (χ2v) is 7.87. The van der Waals surface area contributed by atoms with Crippen LogP contribution < -0.4 is 9.47 Å². The Morgan fingerprint density at radius 3 is 2.40 bits per heavy atom. The molecule has 0 amide bonds. The zero-order valence-corrected chi connectivity index (χ0v) is 18.7. The average molecular weight is 462 g/mol. The summed E-state index contributed by atoms with van der Waals surface area (Å²) >= 11 is 18.2. The molecule has 0 aliphatic carbocycles. The summed E-state index contributed by atoms with van der Waals surface area (Å²) in [5.74, 6) is 1.07. The highest BCUT2D eigenvalue weighted by molar-refractivity contribution is 6.37. The van der Waals surface area contributed by atoms with Gasteiger partial charge in [-0.05, 0) is 66.6 Å². The number of carbonyl (C=O) groups excluding carboxylic acids is 1. The summed E-state index contributed by atoms with van der Waals surface area (Å²) < 4.78 is 11.3. The van der Waals surface area contributed by atoms with Crippen molar-refractivity contribution in [3.05, 3.63) is 98.0 Å². The molecule has 0 radical (unpaired) electrons. The Morgan fingerprint density at radius 2 is 1.70 bits per heavy atom. The molecular formula is C24H19Cl3O3. The molecule has 3 rings (SSSR count). The molecular weight excluding hydrogens is 443 g/mol. The first-order valence-electron chi connectivity index (χ1n) is 9.10. The largest absolute Gasteiger partial charge is 0.496 e. The van der Waals surface area contributed by atoms with Gasteiger partial charge in [0.1, 0.15) is 18.1 Å². The quantitative estimate of drug-likeness (QED) is 0.271. The van der Waals surface area contributed by atoms with E-state index in [0.29, 0.717) is 32.1 Å². The number of benzene rings is 3. The summed E-state index contributed by atoms with van der Waals surface area (Å²) in [6.07, 6.45) is 3.19. The van der Waals surface area contributed by atoms with Crippen LogP contribution in [0.5, 0.6) is 11.5 Å². The lowest BCUT2D eigenvalue weighted by Crippen LogP contribution is -2.00. The molecule has 0 saturated heterocycles. The zero-order valence-electron chi connectivity index (χ0n) is 16.4. The molecule has 3 nitrogen and oxygen atoms in total. The highest BCUT2D eigenvalue weighted by Crippen LogP contribution is 2.28. The molecule has 0 saturated carbocycles. The third-order valence-corrected chi connectivity index (χ3v) is 5.24. The van der Waals surface area contributed by atoms with Crippen LogP contribution in [-0.2, 0) is 6.61 Å². The first-order valence-corrected chi connectivity index (χ1v) is 10.2. The van der Waals surface area contributed by atoms with Crippen LogP contribution in [0.1, 0.15) is 27.0 Å². The maximum Gasteiger partial charge on any atom is 0.187 e. The van der Waals surface area contributed by atoms with E-state index in [1.54, 1.807) is 31.4 Å². The summed E-state index contributed by atoms with van der Waals surface area (Å²) in [7, 11) is 1.60. The molecule has 0 heterocycles. The van der Waals surface area contributed by atoms with E-state index in [1.807, 2.05) is 43.3 Å². The van der Waals surface area contributed by atoms with Crippen LogP contribution in [0.3, 0.4) is 0 Å². The lowest BCUT2D eigenvalue weighted by atomic mass is 10.1. The molecule has 0 aliphatic heterocycles. The van der Waals surface area contributed by atoms with Crippen molar-refractivity contribution in [1.29, 1.82) is 0 Å². The van der Waals surface area contributed by atoms with Gasteiger partial charge in [0.05, 0.1) is 17.2 Å². The number of aryl methyl sites for hydroxylation is 1. The van der Waals surface area contributed by atoms with E-state index in [9.17, 15) is 4.79 Å². The van der Waals surface area contributed by atoms with Gasteiger partial charge in [0.15, 0.2) is 5.78 Å². The van der Waals surface area contributed by atoms with Gasteiger partial charge in [-0.2, -0.15) is 0 Å². The monoisotopic (exact) mass is 460 g/mol. The van der Waals surface area contributed by atoms with E-state index < -0.39 is 0 Å². The number of methoxy groups -OCH3 is 1. The van der Waals surface area contributed by atoms with E-state index in [0.717, 1.165) is 16.7 Å². The molecule has 3 aromatic rings. The molecule has 0 aliphatic rings. The summed E-state index contributed by atoms with van der Waals surface area (Å²) in [6.45, 7) is 2.23. The highest BCUT2D eigenvalue weighted by atomic mass is 35.5. The summed E-state index contributed by atoms with van der Waals surface area (Å²) in [6, 6.07) is 16.0. The fourth-order valence-corrected chi connectivity index (χ4v) is 3.64. The minimum Gasteiger partial charge on any atom is -0.496 e. The summed E-state index contributed by atoms with van der Waals surface area (Å²) in [5.41, 5.74) is 3.10. The number of ketones is 1. The Balaban J connectivity index is 1.78. The van der Waals surface area contributed by atoms with Crippen molar-refractivity contribution in [2.24, 2.45) is 0 Å². The van der Waals surface area contributed by atoms with E-state index in [-0.39, 0.29) is 12.4 Å². The van der Waals surface area contributed by atoms with Gasteiger partial charge in [-0.15, -0.1) is 0 Å². The normalized spacial score (nSPS) is 11.0. The standard InChI is InChI=1S/C24H19Cl3O3/c1-15-3-9-24(21(27)11-15)30-14-17-12-16(5-10-23(17)29-2)4-8-22(28)19-7-6-18(25)13-20(19)26/h3-13H,14H2,1-2H3/b8-4+. The molecule has 3 aromatic carbocycles. The van der Waals surface area contributed by atoms with Gasteiger partial charge in [0, 0.05) is 16.1 Å². The molecule has 0 N–H and O–H groups in total. The Bertz CT molecular complexity index is 1110. The van der Waals surface area contributed by atoms with E-state index in [1.165, 1.54) is 6.08 Å². The lowest BCUT2D eigenvalue weighted by molar-refractivity contribution is 0.104. The summed E-state index contributed by atoms with van der Waals surface area (Å²) in [5, 5.41) is 1.35. The van der Waals surface area contributed by atoms with Crippen molar-refractivity contribution < 1.29 is 14.3 Å². The van der Waals surface area contributed by atoms with Crippen LogP contribution in [0.15, 0.2) is 60.7 Å². The SMILES string of the molecule is COc1ccc(/C=C/C(=O)c2ccc(Cl)cc2Cl)cc1COc1ccc(C)cc1Cl. The predicted molar refractivity (Wildman–Crippen MR) is 123 cm³/mol. The molecule has 0 unspecified atom stereocenters. The van der Waals surface area contributed by atoms with Crippen molar-refractivity contribution >= 4 is 46.7 Å². The van der Waals surface area contributed by atoms with Crippen molar-refractivity contribution in [3.8, 4) is 11.5 Å². The van der Waals surface area contributed by atoms with Gasteiger partial charge < -0.3 is 9.47 Å². The zero-order chi connectivity index (χ0) is 21.7. The Hall–Kier alpha value is -2.46. The third kappa shape index (κ3) is 5.57. The van der Waals surface area contributed by atoms with Crippen LogP contribution in [0.25, 0.3) is 6.08 Å². The minimum atomic E-state index is -0.211. The Morgan fingerprint density at radius 1 is 0.933 bits per heavy atom. The minimum absolute atomic E-state index is 0.211. The molecule has 0 bridgehead atoms. The van der Waals surface area contributed by atoms with E-state index in [4.69, 9.17) is 44.3 Å². The second-order valence-electron chi connectivity index (χ2n) is 6.62. The van der Waals surface area contributed by atoms with E-state index in [2.05, 4.69) is 0 Å². The van der Waals surface area contributed by atoms with Crippen molar-refractivity contribution in [1.82, 2.24) is 0 Å². The lowest BCUT2D eigenvalue weighted by Gasteiger charge is -2.12. The smallest absolute Gasteiger partial charge is 0.187 e. The fraction of sp³-hybridized carbons (Fsp3) is 0.125. The fourth-order valence-electron chi connectivity index (χ4n) is 2.84. The Kier molecular flexibility index (Phi) is 7.43. The van der Waals surface area contributed by atoms with E-state index >= 15 is 0 Å². The number of hydrogen-bond acceptors (Lipinski definition) is 3. The second kappa shape index (κ2) is 10.0. The first-order chi connectivity index (χ1) is 14.4. The van der Waals surface area contributed by atoms with Gasteiger partial charge >= 0.3 is 0 Å². The molecule has 0 atom stereocenters. The van der Waals surface area contributed by atoms with Crippen LogP contribution in [0, 0.1) is 6.92 Å². The van der Waals surface area contributed by atoms with Crippen LogP contribution in [0.2, 0.25) is 15.1 Å². The molecule has 0 fully saturated rings. The number of ether oxygens (including phenoxy) is 2. The number of carbonyl (C=O) groups is 1. The molecule has 0 spiro atoms. The van der Waals surface area contributed by atoms with Gasteiger partial charge in [-0.1, -0.05) is 53.0 Å². The summed E-state index contributed by atoms with van der Waals surface area (Å²) in [4.78, 5) is 12.5. The number of hydrogen-bond donors (Lipinski definition) is 0. The van der Waals surface area contributed by atoms with Crippen molar-refractivity contribution in [2.45, 2.75) is 13.5 Å². The maximum atomic E-state index is 12.5. The van der Waals surface area contributed by atoms with Crippen molar-refractivity contribution in [2.75, 3.05) is 7.11 Å². The van der Waals surface area contributed by atoms with Crippen LogP contribution in [0.4, 0.5) is 0 Å². The van der Waals surface area contributed by atoms with Gasteiger partial charge in [0.25, 0.3) is 0 Å². The highest BCUT2D eigenvalue weighted by Gasteiger charge is 2.10. The van der Waals surface area contributed by atoms with Crippen LogP contribution >= 0.6 is 34.8 Å². The predicted octanol–water partition coefficient (Wildman–Crippen LogP) is 7.44. The van der Waals surface area contributed by atoms with Crippen molar-refractivity contribution in [3.63, 3.8) is 0 Å². The first kappa shape index (κ1) is 22.2. The van der Waals surface area contributed by atoms with Gasteiger partial charge in [-0.25, -0.2) is 0 Å². The van der Waals surface area contributed by atoms with Gasteiger partial charge in [-0.3, -0.25) is 4.79 Å². The van der Waals surface area contributed by atoms with Crippen LogP contribution in [-0.4, -0.2) is 12.9 Å². The molecule has 154 valence electrons. The maximum absolute atomic E-state index is 12.5. The number of allylic oxidation sites excluding steroid dienone is 1.